The number of aryl methyl sites for hydroxylation is 1. The van der Waals surface area contributed by atoms with Gasteiger partial charge in [0.2, 0.25) is 21.7 Å². The Hall–Kier alpha value is -2.33. The van der Waals surface area contributed by atoms with E-state index in [1.165, 1.54) is 4.31 Å². The van der Waals surface area contributed by atoms with Gasteiger partial charge in [-0.1, -0.05) is 12.1 Å². The van der Waals surface area contributed by atoms with E-state index >= 15 is 0 Å². The van der Waals surface area contributed by atoms with Crippen molar-refractivity contribution in [3.63, 3.8) is 0 Å². The Bertz CT molecular complexity index is 884. The predicted molar refractivity (Wildman–Crippen MR) is 101 cm³/mol. The number of esters is 1. The number of pyridine rings is 1. The minimum atomic E-state index is -3.41. The quantitative estimate of drug-likeness (QED) is 0.456. The minimum absolute atomic E-state index is 0.0488. The molecule has 0 N–H and O–H groups in total. The van der Waals surface area contributed by atoms with E-state index in [0.717, 1.165) is 5.56 Å². The Morgan fingerprint density at radius 3 is 3.04 bits per heavy atom. The molecule has 1 aliphatic rings. The van der Waals surface area contributed by atoms with Crippen molar-refractivity contribution in [2.75, 3.05) is 18.9 Å². The first-order valence-electron chi connectivity index (χ1n) is 9.40. The first kappa shape index (κ1) is 20.4. The number of rotatable bonds is 9. The molecule has 0 spiro atoms. The average molecular weight is 408 g/mol. The average Bonchev–Trinajstić information content (AvgIpc) is 3.36. The van der Waals surface area contributed by atoms with Gasteiger partial charge in [-0.15, -0.1) is 0 Å². The molecule has 9 nitrogen and oxygen atoms in total. The first-order valence-corrected chi connectivity index (χ1v) is 11.0. The lowest BCUT2D eigenvalue weighted by atomic mass is 10.2. The zero-order valence-electron chi connectivity index (χ0n) is 15.8. The van der Waals surface area contributed by atoms with Gasteiger partial charge in [0.1, 0.15) is 6.04 Å². The van der Waals surface area contributed by atoms with Crippen LogP contribution in [0.3, 0.4) is 0 Å². The summed E-state index contributed by atoms with van der Waals surface area (Å²) in [7, 11) is -3.41. The molecule has 152 valence electrons. The van der Waals surface area contributed by atoms with Gasteiger partial charge >= 0.3 is 5.97 Å². The second-order valence-corrected chi connectivity index (χ2v) is 8.65. The molecular formula is C18H24N4O5S. The summed E-state index contributed by atoms with van der Waals surface area (Å²) in [6.07, 6.45) is 5.97. The Kier molecular flexibility index (Phi) is 6.74. The summed E-state index contributed by atoms with van der Waals surface area (Å²) in [5.74, 6) is 0.470. The number of sulfonamides is 1. The van der Waals surface area contributed by atoms with E-state index in [2.05, 4.69) is 15.1 Å². The third-order valence-electron chi connectivity index (χ3n) is 4.46. The molecule has 1 aliphatic heterocycles. The first-order chi connectivity index (χ1) is 13.5. The van der Waals surface area contributed by atoms with Crippen LogP contribution in [0.4, 0.5) is 0 Å². The maximum atomic E-state index is 12.3. The highest BCUT2D eigenvalue weighted by atomic mass is 32.2. The summed E-state index contributed by atoms with van der Waals surface area (Å²) in [6, 6.07) is 2.92. The van der Waals surface area contributed by atoms with Crippen LogP contribution in [0.25, 0.3) is 11.4 Å². The fraction of sp³-hybridized carbons (Fsp3) is 0.556. The normalized spacial score (nSPS) is 17.7. The molecule has 10 heteroatoms. The standard InChI is InChI=1S/C18H24N4O5S/c1-2-12-28(24,25)22-10-4-7-15(22)18(23)26-11-5-8-16-20-17(21-27-16)14-6-3-9-19-13-14/h3,6,9,13,15H,2,4-5,7-8,10-12H2,1H3. The van der Waals surface area contributed by atoms with Crippen LogP contribution in [0.1, 0.15) is 38.5 Å². The van der Waals surface area contributed by atoms with Gasteiger partial charge in [-0.3, -0.25) is 9.78 Å². The van der Waals surface area contributed by atoms with Gasteiger partial charge in [-0.05, 0) is 37.8 Å². The van der Waals surface area contributed by atoms with Crippen LogP contribution in [-0.2, 0) is 26.0 Å². The van der Waals surface area contributed by atoms with Crippen LogP contribution >= 0.6 is 0 Å². The van der Waals surface area contributed by atoms with E-state index in [9.17, 15) is 13.2 Å². The fourth-order valence-corrected chi connectivity index (χ4v) is 4.88. The monoisotopic (exact) mass is 408 g/mol. The summed E-state index contributed by atoms with van der Waals surface area (Å²) < 4.78 is 36.3. The molecule has 0 amide bonds. The van der Waals surface area contributed by atoms with E-state index < -0.39 is 22.0 Å². The van der Waals surface area contributed by atoms with Gasteiger partial charge in [0.25, 0.3) is 0 Å². The third-order valence-corrected chi connectivity index (χ3v) is 6.54. The van der Waals surface area contributed by atoms with Crippen LogP contribution in [-0.4, -0.2) is 58.8 Å². The summed E-state index contributed by atoms with van der Waals surface area (Å²) in [6.45, 7) is 2.35. The van der Waals surface area contributed by atoms with Crippen LogP contribution in [0, 0.1) is 0 Å². The molecule has 0 radical (unpaired) electrons. The molecule has 0 aromatic carbocycles. The van der Waals surface area contributed by atoms with Crippen LogP contribution in [0.5, 0.6) is 0 Å². The van der Waals surface area contributed by atoms with Crippen molar-refractivity contribution in [3.8, 4) is 11.4 Å². The molecule has 1 unspecified atom stereocenters. The topological polar surface area (TPSA) is 115 Å². The Morgan fingerprint density at radius 2 is 2.29 bits per heavy atom. The molecule has 1 fully saturated rings. The fourth-order valence-electron chi connectivity index (χ4n) is 3.14. The van der Waals surface area contributed by atoms with Crippen molar-refractivity contribution in [2.45, 2.75) is 45.1 Å². The van der Waals surface area contributed by atoms with E-state index in [1.807, 2.05) is 6.07 Å². The number of hydrogen-bond donors (Lipinski definition) is 0. The molecule has 3 rings (SSSR count). The minimum Gasteiger partial charge on any atom is -0.464 e. The number of nitrogens with zero attached hydrogens (tertiary/aromatic N) is 4. The third kappa shape index (κ3) is 4.93. The Morgan fingerprint density at radius 1 is 1.43 bits per heavy atom. The number of carbonyl (C=O) groups excluding carboxylic acids is 1. The lowest BCUT2D eigenvalue weighted by molar-refractivity contribution is -0.147. The molecule has 2 aromatic rings. The van der Waals surface area contributed by atoms with E-state index in [-0.39, 0.29) is 12.4 Å². The van der Waals surface area contributed by atoms with Crippen molar-refractivity contribution in [2.24, 2.45) is 0 Å². The van der Waals surface area contributed by atoms with E-state index in [0.29, 0.717) is 50.4 Å². The van der Waals surface area contributed by atoms with Crippen LogP contribution in [0.2, 0.25) is 0 Å². The number of ether oxygens (including phenoxy) is 1. The highest BCUT2D eigenvalue weighted by Crippen LogP contribution is 2.23. The molecule has 28 heavy (non-hydrogen) atoms. The van der Waals surface area contributed by atoms with Gasteiger partial charge in [0.15, 0.2) is 0 Å². The Labute approximate surface area is 164 Å². The Balaban J connectivity index is 1.46. The van der Waals surface area contributed by atoms with Crippen molar-refractivity contribution in [1.82, 2.24) is 19.4 Å². The number of hydrogen-bond acceptors (Lipinski definition) is 8. The molecule has 1 saturated heterocycles. The zero-order chi connectivity index (χ0) is 20.0. The predicted octanol–water partition coefficient (Wildman–Crippen LogP) is 1.81. The van der Waals surface area contributed by atoms with Gasteiger partial charge < -0.3 is 9.26 Å². The van der Waals surface area contributed by atoms with Gasteiger partial charge in [-0.2, -0.15) is 9.29 Å². The summed E-state index contributed by atoms with van der Waals surface area (Å²) in [4.78, 5) is 20.6. The largest absolute Gasteiger partial charge is 0.464 e. The SMILES string of the molecule is CCCS(=O)(=O)N1CCCC1C(=O)OCCCc1nc(-c2cccnc2)no1. The molecule has 1 atom stereocenters. The van der Waals surface area contributed by atoms with Crippen molar-refractivity contribution >= 4 is 16.0 Å². The molecule has 0 aliphatic carbocycles. The maximum absolute atomic E-state index is 12.3. The summed E-state index contributed by atoms with van der Waals surface area (Å²) in [5, 5.41) is 3.91. The highest BCUT2D eigenvalue weighted by molar-refractivity contribution is 7.89. The van der Waals surface area contributed by atoms with Gasteiger partial charge in [0, 0.05) is 30.9 Å². The lowest BCUT2D eigenvalue weighted by Gasteiger charge is -2.22. The molecule has 3 heterocycles. The smallest absolute Gasteiger partial charge is 0.324 e. The molecular weight excluding hydrogens is 384 g/mol. The van der Waals surface area contributed by atoms with Crippen molar-refractivity contribution < 1.29 is 22.5 Å². The molecule has 2 aromatic heterocycles. The summed E-state index contributed by atoms with van der Waals surface area (Å²) >= 11 is 0. The van der Waals surface area contributed by atoms with Crippen molar-refractivity contribution in [1.29, 1.82) is 0 Å². The zero-order valence-corrected chi connectivity index (χ0v) is 16.6. The summed E-state index contributed by atoms with van der Waals surface area (Å²) in [5.41, 5.74) is 0.763. The van der Waals surface area contributed by atoms with Crippen LogP contribution < -0.4 is 0 Å². The number of carbonyl (C=O) groups is 1. The second-order valence-electron chi connectivity index (χ2n) is 6.61. The van der Waals surface area contributed by atoms with E-state index in [1.54, 1.807) is 25.4 Å². The van der Waals surface area contributed by atoms with E-state index in [4.69, 9.17) is 9.26 Å². The molecule has 0 bridgehead atoms. The molecule has 0 saturated carbocycles. The van der Waals surface area contributed by atoms with Crippen LogP contribution in [0.15, 0.2) is 29.0 Å². The highest BCUT2D eigenvalue weighted by Gasteiger charge is 2.38. The maximum Gasteiger partial charge on any atom is 0.324 e. The van der Waals surface area contributed by atoms with Gasteiger partial charge in [-0.25, -0.2) is 8.42 Å². The van der Waals surface area contributed by atoms with Gasteiger partial charge in [0.05, 0.1) is 12.4 Å². The number of aromatic nitrogens is 3. The second kappa shape index (κ2) is 9.24. The van der Waals surface area contributed by atoms with Crippen molar-refractivity contribution in [3.05, 3.63) is 30.4 Å². The lowest BCUT2D eigenvalue weighted by Crippen LogP contribution is -2.42.